The Bertz CT molecular complexity index is 1300. The minimum Gasteiger partial charge on any atom is -0.369 e. The van der Waals surface area contributed by atoms with Crippen LogP contribution >= 0.6 is 31.9 Å². The number of nitrogens with zero attached hydrogens (tertiary/aromatic N) is 1. The number of allylic oxidation sites excluding steroid dienone is 1. The number of aromatic nitrogens is 4. The van der Waals surface area contributed by atoms with Crippen molar-refractivity contribution >= 4 is 49.6 Å². The van der Waals surface area contributed by atoms with Gasteiger partial charge in [-0.3, -0.25) is 15.3 Å². The summed E-state index contributed by atoms with van der Waals surface area (Å²) < 4.78 is 1.59. The molecule has 5 atom stereocenters. The predicted octanol–water partition coefficient (Wildman–Crippen LogP) is 1.26. The molecule has 0 saturated heterocycles. The lowest BCUT2D eigenvalue weighted by molar-refractivity contribution is 0.0461. The van der Waals surface area contributed by atoms with Gasteiger partial charge in [0.05, 0.1) is 6.20 Å². The summed E-state index contributed by atoms with van der Waals surface area (Å²) in [6.07, 6.45) is 6.60. The van der Waals surface area contributed by atoms with Crippen LogP contribution in [0, 0.1) is 17.8 Å². The topological polar surface area (TPSA) is 195 Å². The quantitative estimate of drug-likeness (QED) is 0.180. The average molecular weight is 622 g/mol. The van der Waals surface area contributed by atoms with E-state index in [0.29, 0.717) is 30.4 Å². The Morgan fingerprint density at radius 3 is 2.00 bits per heavy atom. The number of H-pyrrole nitrogens is 3. The van der Waals surface area contributed by atoms with Crippen molar-refractivity contribution in [2.75, 3.05) is 18.8 Å². The van der Waals surface area contributed by atoms with E-state index in [2.05, 4.69) is 73.1 Å². The van der Waals surface area contributed by atoms with E-state index >= 15 is 0 Å². The Balaban J connectivity index is 1.38. The summed E-state index contributed by atoms with van der Waals surface area (Å²) in [6, 6.07) is 3.44. The second-order valence-electron chi connectivity index (χ2n) is 8.87. The maximum Gasteiger partial charge on any atom is 0.267 e. The number of hydrogen-bond donors (Lipinski definition) is 9. The molecule has 190 valence electrons. The summed E-state index contributed by atoms with van der Waals surface area (Å²) in [5.41, 5.74) is 14.6. The second-order valence-corrected chi connectivity index (χ2v) is 10.7. The molecule has 0 aromatic carbocycles. The molecule has 1 fully saturated rings. The zero-order valence-electron chi connectivity index (χ0n) is 18.9. The van der Waals surface area contributed by atoms with Crippen molar-refractivity contribution < 1.29 is 9.59 Å². The fourth-order valence-electron chi connectivity index (χ4n) is 5.09. The highest BCUT2D eigenvalue weighted by atomic mass is 79.9. The molecule has 4 heterocycles. The summed E-state index contributed by atoms with van der Waals surface area (Å²) in [4.78, 5) is 38.7. The van der Waals surface area contributed by atoms with Crippen LogP contribution in [-0.2, 0) is 0 Å². The Labute approximate surface area is 223 Å². The largest absolute Gasteiger partial charge is 0.369 e. The normalized spacial score (nSPS) is 24.9. The lowest BCUT2D eigenvalue weighted by Gasteiger charge is -2.52. The molecule has 1 aliphatic heterocycles. The zero-order chi connectivity index (χ0) is 25.4. The van der Waals surface area contributed by atoms with Gasteiger partial charge >= 0.3 is 0 Å². The summed E-state index contributed by atoms with van der Waals surface area (Å²) in [7, 11) is 0. The van der Waals surface area contributed by atoms with Crippen molar-refractivity contribution in [1.29, 1.82) is 0 Å². The van der Waals surface area contributed by atoms with Gasteiger partial charge in [-0.15, -0.1) is 0 Å². The first-order valence-corrected chi connectivity index (χ1v) is 12.9. The van der Waals surface area contributed by atoms with Gasteiger partial charge in [0, 0.05) is 63.9 Å². The van der Waals surface area contributed by atoms with Crippen LogP contribution < -0.4 is 32.7 Å². The van der Waals surface area contributed by atoms with Crippen molar-refractivity contribution in [2.24, 2.45) is 23.5 Å². The molecule has 3 aromatic rings. The van der Waals surface area contributed by atoms with Crippen LogP contribution in [0.1, 0.15) is 32.6 Å². The molecule has 2 unspecified atom stereocenters. The SMILES string of the molecule is Nc1ncc([C@@H]2C(C3=CNC(N)N3)[C@H](CNC(=O)c3cc(Br)c[nH]3)[C@H]2CNC(=O)c2cc(Br)c[nH]2)[nH]1. The van der Waals surface area contributed by atoms with Gasteiger partial charge in [-0.25, -0.2) is 4.98 Å². The summed E-state index contributed by atoms with van der Waals surface area (Å²) in [5, 5.41) is 12.4. The molecule has 2 aliphatic rings. The first-order valence-electron chi connectivity index (χ1n) is 11.3. The average Bonchev–Trinajstić information content (AvgIpc) is 3.63. The zero-order valence-corrected chi connectivity index (χ0v) is 22.1. The van der Waals surface area contributed by atoms with Gasteiger partial charge in [-0.1, -0.05) is 0 Å². The van der Waals surface area contributed by atoms with Crippen LogP contribution in [0.3, 0.4) is 0 Å². The van der Waals surface area contributed by atoms with Crippen LogP contribution in [-0.4, -0.2) is 51.1 Å². The highest BCUT2D eigenvalue weighted by Gasteiger charge is 2.53. The predicted molar refractivity (Wildman–Crippen MR) is 140 cm³/mol. The van der Waals surface area contributed by atoms with E-state index in [-0.39, 0.29) is 35.5 Å². The fraction of sp³-hybridized carbons (Fsp3) is 0.318. The number of hydrogen-bond acceptors (Lipinski definition) is 7. The molecular weight excluding hydrogens is 596 g/mol. The Hall–Kier alpha value is -3.23. The number of halogens is 2. The molecule has 0 bridgehead atoms. The van der Waals surface area contributed by atoms with Crippen molar-refractivity contribution in [3.05, 3.63) is 68.6 Å². The maximum absolute atomic E-state index is 12.8. The van der Waals surface area contributed by atoms with Gasteiger partial charge in [0.15, 0.2) is 5.95 Å². The highest BCUT2D eigenvalue weighted by molar-refractivity contribution is 9.10. The minimum absolute atomic E-state index is 0.0107. The van der Waals surface area contributed by atoms with Crippen LogP contribution in [0.15, 0.2) is 51.6 Å². The number of rotatable bonds is 8. The van der Waals surface area contributed by atoms with Gasteiger partial charge in [0.25, 0.3) is 11.8 Å². The Morgan fingerprint density at radius 2 is 1.56 bits per heavy atom. The number of carbonyl (C=O) groups is 2. The first-order chi connectivity index (χ1) is 17.3. The maximum atomic E-state index is 12.8. The van der Waals surface area contributed by atoms with E-state index in [1.807, 2.05) is 6.20 Å². The van der Waals surface area contributed by atoms with E-state index in [4.69, 9.17) is 11.5 Å². The molecule has 0 spiro atoms. The smallest absolute Gasteiger partial charge is 0.267 e. The van der Waals surface area contributed by atoms with Gasteiger partial charge < -0.3 is 42.0 Å². The molecule has 0 radical (unpaired) electrons. The number of amides is 2. The van der Waals surface area contributed by atoms with Crippen LogP contribution in [0.5, 0.6) is 0 Å². The van der Waals surface area contributed by atoms with E-state index < -0.39 is 6.29 Å². The number of carbonyl (C=O) groups excluding carboxylic acids is 2. The van der Waals surface area contributed by atoms with E-state index in [0.717, 1.165) is 20.3 Å². The molecule has 11 N–H and O–H groups in total. The third-order valence-corrected chi connectivity index (χ3v) is 7.63. The van der Waals surface area contributed by atoms with Crippen LogP contribution in [0.4, 0.5) is 5.95 Å². The van der Waals surface area contributed by atoms with Gasteiger partial charge in [-0.2, -0.15) is 0 Å². The molecule has 12 nitrogen and oxygen atoms in total. The molecule has 14 heteroatoms. The Kier molecular flexibility index (Phi) is 6.81. The number of anilines is 1. The second kappa shape index (κ2) is 10.0. The minimum atomic E-state index is -0.399. The van der Waals surface area contributed by atoms with Crippen LogP contribution in [0.25, 0.3) is 0 Å². The van der Waals surface area contributed by atoms with Crippen molar-refractivity contribution in [3.63, 3.8) is 0 Å². The van der Waals surface area contributed by atoms with E-state index in [1.165, 1.54) is 0 Å². The molecule has 2 amide bonds. The van der Waals surface area contributed by atoms with Crippen LogP contribution in [0.2, 0.25) is 0 Å². The lowest BCUT2D eigenvalue weighted by Crippen LogP contribution is -2.56. The number of nitrogens with two attached hydrogens (primary N) is 2. The van der Waals surface area contributed by atoms with Gasteiger partial charge in [0.1, 0.15) is 17.7 Å². The molecule has 1 aliphatic carbocycles. The van der Waals surface area contributed by atoms with Gasteiger partial charge in [-0.05, 0) is 55.8 Å². The molecule has 1 saturated carbocycles. The standard InChI is InChI=1S/C22H26Br2N10O2/c23-9-1-13(27-3-9)19(35)29-5-11-12(6-30-20(36)14-2-10(24)4-28-14)18(16-8-32-22(26)34-16)17(11)15-7-31-21(25)33-15/h1-4,7-8,11-12,17-18,21,27-28,31,33H,5-6,25H2,(H,29,35)(H,30,36)(H3,26,32,34)/t11-,12-,17?,18-,21?/m1/s1. The summed E-state index contributed by atoms with van der Waals surface area (Å²) >= 11 is 6.71. The third kappa shape index (κ3) is 4.88. The summed E-state index contributed by atoms with van der Waals surface area (Å²) in [6.45, 7) is 0.778. The number of imidazole rings is 1. The van der Waals surface area contributed by atoms with E-state index in [1.54, 1.807) is 30.7 Å². The van der Waals surface area contributed by atoms with Crippen molar-refractivity contribution in [3.8, 4) is 0 Å². The number of nitrogens with one attached hydrogen (secondary N) is 7. The number of aromatic amines is 3. The first kappa shape index (κ1) is 24.5. The van der Waals surface area contributed by atoms with Crippen molar-refractivity contribution in [1.82, 2.24) is 41.2 Å². The highest BCUT2D eigenvalue weighted by Crippen LogP contribution is 2.54. The lowest BCUT2D eigenvalue weighted by atomic mass is 9.54. The van der Waals surface area contributed by atoms with Crippen molar-refractivity contribution in [2.45, 2.75) is 12.2 Å². The Morgan fingerprint density at radius 1 is 0.972 bits per heavy atom. The molecule has 3 aromatic heterocycles. The van der Waals surface area contributed by atoms with E-state index in [9.17, 15) is 9.59 Å². The fourth-order valence-corrected chi connectivity index (χ4v) is 5.78. The van der Waals surface area contributed by atoms with Gasteiger partial charge in [0.2, 0.25) is 0 Å². The number of nitrogen functional groups attached to an aromatic ring is 1. The molecule has 5 rings (SSSR count). The molecule has 36 heavy (non-hydrogen) atoms. The third-order valence-electron chi connectivity index (χ3n) is 6.71. The molecular formula is C22H26Br2N10O2. The monoisotopic (exact) mass is 620 g/mol. The summed E-state index contributed by atoms with van der Waals surface area (Å²) in [5.74, 6) is -0.208.